The molecule has 0 saturated carbocycles. The maximum atomic E-state index is 5.32. The van der Waals surface area contributed by atoms with Gasteiger partial charge < -0.3 is 0 Å². The summed E-state index contributed by atoms with van der Waals surface area (Å²) in [7, 11) is 0. The second-order valence-corrected chi connectivity index (χ2v) is 13.1. The summed E-state index contributed by atoms with van der Waals surface area (Å²) >= 11 is 0. The molecule has 0 atom stereocenters. The molecule has 33 heavy (non-hydrogen) atoms. The number of imidazole rings is 1. The Labute approximate surface area is 198 Å². The van der Waals surface area contributed by atoms with Gasteiger partial charge in [-0.2, -0.15) is 0 Å². The van der Waals surface area contributed by atoms with Gasteiger partial charge in [-0.15, -0.1) is 0 Å². The SMILES string of the molecule is CC(C)c1cccc2nc(C(C)(C)C)n3c4cc5c(cc4nc3c12)C(C)(C)C(C)(C)C5(C)C. The van der Waals surface area contributed by atoms with E-state index in [-0.39, 0.29) is 21.7 Å². The standard InChI is InChI=1S/C30H39N3/c1-17(2)18-13-12-14-21-24(18)25-31-22-15-19-20(29(8,9)30(10,11)28(19,6)7)16-23(22)33(25)26(32-21)27(3,4)5/h12-17H,1-11H3. The highest BCUT2D eigenvalue weighted by Gasteiger charge is 2.57. The molecular formula is C30H39N3. The first kappa shape index (κ1) is 22.4. The minimum Gasteiger partial charge on any atom is -0.279 e. The molecule has 0 spiro atoms. The molecule has 174 valence electrons. The van der Waals surface area contributed by atoms with Gasteiger partial charge in [-0.05, 0) is 57.1 Å². The Morgan fingerprint density at radius 1 is 0.818 bits per heavy atom. The van der Waals surface area contributed by atoms with Gasteiger partial charge in [0.2, 0.25) is 0 Å². The van der Waals surface area contributed by atoms with Crippen LogP contribution < -0.4 is 0 Å². The minimum absolute atomic E-state index is 0.0550. The van der Waals surface area contributed by atoms with E-state index in [1.807, 2.05) is 0 Å². The van der Waals surface area contributed by atoms with Crippen LogP contribution in [0.25, 0.3) is 27.6 Å². The van der Waals surface area contributed by atoms with Crippen molar-refractivity contribution in [2.24, 2.45) is 5.41 Å². The van der Waals surface area contributed by atoms with Crippen LogP contribution in [0.1, 0.15) is 105 Å². The predicted octanol–water partition coefficient (Wildman–Crippen LogP) is 8.05. The summed E-state index contributed by atoms with van der Waals surface area (Å²) in [5, 5.41) is 1.19. The Morgan fingerprint density at radius 2 is 1.42 bits per heavy atom. The summed E-state index contributed by atoms with van der Waals surface area (Å²) in [4.78, 5) is 10.6. The zero-order chi connectivity index (χ0) is 24.3. The molecule has 2 aromatic heterocycles. The highest BCUT2D eigenvalue weighted by atomic mass is 15.1. The second kappa shape index (κ2) is 6.37. The van der Waals surface area contributed by atoms with E-state index in [1.54, 1.807) is 0 Å². The van der Waals surface area contributed by atoms with Gasteiger partial charge in [0, 0.05) is 10.8 Å². The first-order valence-corrected chi connectivity index (χ1v) is 12.4. The highest BCUT2D eigenvalue weighted by molar-refractivity contribution is 5.99. The van der Waals surface area contributed by atoms with Crippen LogP contribution in [0.4, 0.5) is 0 Å². The monoisotopic (exact) mass is 441 g/mol. The van der Waals surface area contributed by atoms with Crippen LogP contribution in [-0.4, -0.2) is 14.4 Å². The van der Waals surface area contributed by atoms with Crippen LogP contribution in [0.3, 0.4) is 0 Å². The highest BCUT2D eigenvalue weighted by Crippen LogP contribution is 2.62. The van der Waals surface area contributed by atoms with Gasteiger partial charge in [-0.3, -0.25) is 4.40 Å². The molecule has 0 radical (unpaired) electrons. The summed E-state index contributed by atoms with van der Waals surface area (Å²) < 4.78 is 2.36. The smallest absolute Gasteiger partial charge is 0.149 e. The number of aromatic nitrogens is 3. The van der Waals surface area contributed by atoms with Crippen LogP contribution in [0.15, 0.2) is 30.3 Å². The molecule has 0 aliphatic heterocycles. The van der Waals surface area contributed by atoms with Crippen LogP contribution in [0.5, 0.6) is 0 Å². The summed E-state index contributed by atoms with van der Waals surface area (Å²) in [5.41, 5.74) is 8.69. The zero-order valence-electron chi connectivity index (χ0n) is 22.3. The first-order valence-electron chi connectivity index (χ1n) is 12.4. The second-order valence-electron chi connectivity index (χ2n) is 13.1. The predicted molar refractivity (Wildman–Crippen MR) is 141 cm³/mol. The van der Waals surface area contributed by atoms with Gasteiger partial charge in [0.15, 0.2) is 0 Å². The zero-order valence-corrected chi connectivity index (χ0v) is 22.3. The Hall–Kier alpha value is -2.42. The van der Waals surface area contributed by atoms with Crippen molar-refractivity contribution in [3.8, 4) is 0 Å². The van der Waals surface area contributed by atoms with Gasteiger partial charge >= 0.3 is 0 Å². The number of benzene rings is 2. The van der Waals surface area contributed by atoms with Crippen molar-refractivity contribution in [3.05, 3.63) is 52.8 Å². The van der Waals surface area contributed by atoms with Gasteiger partial charge in [0.25, 0.3) is 0 Å². The topological polar surface area (TPSA) is 30.2 Å². The molecule has 1 aliphatic carbocycles. The van der Waals surface area contributed by atoms with Crippen molar-refractivity contribution < 1.29 is 0 Å². The first-order chi connectivity index (χ1) is 15.1. The molecule has 3 heteroatoms. The lowest BCUT2D eigenvalue weighted by Crippen LogP contribution is -2.42. The number of fused-ring (bicyclic) bond motifs is 6. The Balaban J connectivity index is 2.02. The van der Waals surface area contributed by atoms with E-state index < -0.39 is 0 Å². The fourth-order valence-corrected chi connectivity index (χ4v) is 6.04. The maximum absolute atomic E-state index is 5.32. The average molecular weight is 442 g/mol. The van der Waals surface area contributed by atoms with E-state index in [0.717, 1.165) is 22.5 Å². The molecule has 0 fully saturated rings. The molecule has 3 nitrogen and oxygen atoms in total. The van der Waals surface area contributed by atoms with Crippen molar-refractivity contribution >= 4 is 27.6 Å². The largest absolute Gasteiger partial charge is 0.279 e. The van der Waals surface area contributed by atoms with Gasteiger partial charge in [-0.25, -0.2) is 9.97 Å². The molecule has 2 heterocycles. The molecule has 0 bridgehead atoms. The number of hydrogen-bond acceptors (Lipinski definition) is 2. The lowest BCUT2D eigenvalue weighted by molar-refractivity contribution is 0.125. The van der Waals surface area contributed by atoms with Crippen molar-refractivity contribution in [3.63, 3.8) is 0 Å². The fourth-order valence-electron chi connectivity index (χ4n) is 6.04. The van der Waals surface area contributed by atoms with Crippen LogP contribution in [0.2, 0.25) is 0 Å². The Bertz CT molecular complexity index is 1440. The van der Waals surface area contributed by atoms with Gasteiger partial charge in [0.1, 0.15) is 11.5 Å². The van der Waals surface area contributed by atoms with Crippen molar-refractivity contribution in [1.82, 2.24) is 14.4 Å². The number of rotatable bonds is 1. The lowest BCUT2D eigenvalue weighted by atomic mass is 9.59. The Morgan fingerprint density at radius 3 is 2.00 bits per heavy atom. The Kier molecular flexibility index (Phi) is 4.32. The maximum Gasteiger partial charge on any atom is 0.149 e. The summed E-state index contributed by atoms with van der Waals surface area (Å²) in [6.45, 7) is 25.7. The quantitative estimate of drug-likeness (QED) is 0.299. The summed E-state index contributed by atoms with van der Waals surface area (Å²) in [5.74, 6) is 1.48. The molecule has 0 unspecified atom stereocenters. The number of hydrogen-bond donors (Lipinski definition) is 0. The van der Waals surface area contributed by atoms with Crippen LogP contribution >= 0.6 is 0 Å². The normalized spacial score (nSPS) is 19.2. The van der Waals surface area contributed by atoms with E-state index in [0.29, 0.717) is 5.92 Å². The lowest BCUT2D eigenvalue weighted by Gasteiger charge is -2.44. The summed E-state index contributed by atoms with van der Waals surface area (Å²) in [6.07, 6.45) is 0. The molecule has 0 saturated heterocycles. The molecular weight excluding hydrogens is 402 g/mol. The van der Waals surface area contributed by atoms with E-state index in [2.05, 4.69) is 111 Å². The third kappa shape index (κ3) is 2.68. The van der Waals surface area contributed by atoms with E-state index in [1.165, 1.54) is 27.6 Å². The molecule has 1 aliphatic rings. The molecule has 0 amide bonds. The van der Waals surface area contributed by atoms with Crippen molar-refractivity contribution in [2.45, 2.75) is 98.3 Å². The average Bonchev–Trinajstić information content (AvgIpc) is 3.12. The minimum atomic E-state index is -0.110. The van der Waals surface area contributed by atoms with E-state index in [4.69, 9.17) is 9.97 Å². The van der Waals surface area contributed by atoms with E-state index >= 15 is 0 Å². The molecule has 2 aromatic carbocycles. The molecule has 4 aromatic rings. The van der Waals surface area contributed by atoms with Crippen molar-refractivity contribution in [1.29, 1.82) is 0 Å². The van der Waals surface area contributed by atoms with Crippen molar-refractivity contribution in [2.75, 3.05) is 0 Å². The van der Waals surface area contributed by atoms with Crippen LogP contribution in [-0.2, 0) is 16.2 Å². The third-order valence-corrected chi connectivity index (χ3v) is 9.29. The number of nitrogens with zero attached hydrogens (tertiary/aromatic N) is 3. The molecule has 0 N–H and O–H groups in total. The summed E-state index contributed by atoms with van der Waals surface area (Å²) in [6, 6.07) is 11.3. The van der Waals surface area contributed by atoms with Gasteiger partial charge in [0.05, 0.1) is 16.6 Å². The van der Waals surface area contributed by atoms with Crippen LogP contribution in [0, 0.1) is 5.41 Å². The van der Waals surface area contributed by atoms with Gasteiger partial charge in [-0.1, -0.05) is 88.3 Å². The fraction of sp³-hybridized carbons (Fsp3) is 0.533. The molecule has 5 rings (SSSR count). The third-order valence-electron chi connectivity index (χ3n) is 9.29. The van der Waals surface area contributed by atoms with E-state index in [9.17, 15) is 0 Å².